The predicted octanol–water partition coefficient (Wildman–Crippen LogP) is 3.69. The maximum absolute atomic E-state index is 4.26. The van der Waals surface area contributed by atoms with Gasteiger partial charge in [-0.25, -0.2) is 0 Å². The molecule has 138 valence electrons. The Morgan fingerprint density at radius 2 is 2.15 bits per heavy atom. The smallest absolute Gasteiger partial charge is 0.0539 e. The molecule has 1 saturated heterocycles. The van der Waals surface area contributed by atoms with Crippen LogP contribution in [-0.4, -0.2) is 45.8 Å². The van der Waals surface area contributed by atoms with Crippen molar-refractivity contribution >= 4 is 11.3 Å². The van der Waals surface area contributed by atoms with Gasteiger partial charge in [-0.05, 0) is 67.6 Å². The molecule has 0 N–H and O–H groups in total. The monoisotopic (exact) mass is 368 g/mol. The molecule has 0 bridgehead atoms. The van der Waals surface area contributed by atoms with Gasteiger partial charge in [0, 0.05) is 43.3 Å². The highest BCUT2D eigenvalue weighted by Gasteiger charge is 2.22. The molecule has 0 amide bonds. The van der Waals surface area contributed by atoms with Gasteiger partial charge in [-0.2, -0.15) is 5.10 Å². The van der Waals surface area contributed by atoms with Crippen LogP contribution >= 0.6 is 11.3 Å². The summed E-state index contributed by atoms with van der Waals surface area (Å²) in [6, 6.07) is 4.41. The van der Waals surface area contributed by atoms with Gasteiger partial charge >= 0.3 is 0 Å². The molecule has 0 saturated carbocycles. The molecule has 0 aliphatic carbocycles. The highest BCUT2D eigenvalue weighted by Crippen LogP contribution is 2.28. The third-order valence-electron chi connectivity index (χ3n) is 5.50. The third kappa shape index (κ3) is 4.46. The molecule has 0 spiro atoms. The molecule has 0 unspecified atom stereocenters. The minimum absolute atomic E-state index is 0.741. The van der Waals surface area contributed by atoms with Crippen molar-refractivity contribution in [1.29, 1.82) is 0 Å². The number of nitrogens with zero attached hydrogens (tertiary/aromatic N) is 4. The first kappa shape index (κ1) is 17.6. The summed E-state index contributed by atoms with van der Waals surface area (Å²) < 4.78 is 1.87. The minimum atomic E-state index is 0.741. The average Bonchev–Trinajstić information content (AvgIpc) is 3.33. The summed E-state index contributed by atoms with van der Waals surface area (Å²) in [4.78, 5) is 6.51. The van der Waals surface area contributed by atoms with E-state index in [2.05, 4.69) is 57.0 Å². The molecule has 0 radical (unpaired) electrons. The first-order valence-corrected chi connectivity index (χ1v) is 10.5. The number of allylic oxidation sites excluding steroid dienone is 2. The molecule has 4 nitrogen and oxygen atoms in total. The van der Waals surface area contributed by atoms with Gasteiger partial charge in [0.05, 0.1) is 6.20 Å². The van der Waals surface area contributed by atoms with Crippen LogP contribution in [0.3, 0.4) is 0 Å². The van der Waals surface area contributed by atoms with Crippen LogP contribution in [0, 0.1) is 5.92 Å². The molecular formula is C21H28N4S. The minimum Gasteiger partial charge on any atom is -0.369 e. The Morgan fingerprint density at radius 1 is 1.27 bits per heavy atom. The lowest BCUT2D eigenvalue weighted by Crippen LogP contribution is -2.35. The highest BCUT2D eigenvalue weighted by atomic mass is 32.1. The molecule has 26 heavy (non-hydrogen) atoms. The largest absolute Gasteiger partial charge is 0.369 e. The van der Waals surface area contributed by atoms with Crippen molar-refractivity contribution in [2.24, 2.45) is 13.0 Å². The molecular weight excluding hydrogens is 340 g/mol. The van der Waals surface area contributed by atoms with Crippen LogP contribution in [0.4, 0.5) is 0 Å². The van der Waals surface area contributed by atoms with Crippen molar-refractivity contribution in [1.82, 2.24) is 19.6 Å². The SMILES string of the molecule is Cn1cc(CN2C=CC(C3CCN(CCc4cccs4)CC3)=CC2)cn1. The quantitative estimate of drug-likeness (QED) is 0.777. The molecule has 1 fully saturated rings. The number of piperidine rings is 1. The molecule has 4 heterocycles. The molecule has 2 aromatic heterocycles. The van der Waals surface area contributed by atoms with Crippen LogP contribution in [0.2, 0.25) is 0 Å². The van der Waals surface area contributed by atoms with Crippen LogP contribution in [0.25, 0.3) is 0 Å². The number of aryl methyl sites for hydroxylation is 1. The Balaban J connectivity index is 1.22. The van der Waals surface area contributed by atoms with E-state index >= 15 is 0 Å². The lowest BCUT2D eigenvalue weighted by molar-refractivity contribution is 0.202. The van der Waals surface area contributed by atoms with Gasteiger partial charge in [-0.15, -0.1) is 11.3 Å². The van der Waals surface area contributed by atoms with Crippen LogP contribution in [-0.2, 0) is 20.0 Å². The summed E-state index contributed by atoms with van der Waals surface area (Å²) in [6.07, 6.45) is 14.9. The predicted molar refractivity (Wildman–Crippen MR) is 108 cm³/mol. The summed E-state index contributed by atoms with van der Waals surface area (Å²) in [5, 5.41) is 6.44. The maximum atomic E-state index is 4.26. The number of hydrogen-bond donors (Lipinski definition) is 0. The van der Waals surface area contributed by atoms with Gasteiger partial charge in [0.2, 0.25) is 0 Å². The summed E-state index contributed by atoms with van der Waals surface area (Å²) in [5.74, 6) is 0.741. The van der Waals surface area contributed by atoms with E-state index in [1.807, 2.05) is 29.3 Å². The topological polar surface area (TPSA) is 24.3 Å². The fraction of sp³-hybridized carbons (Fsp3) is 0.476. The number of aromatic nitrogens is 2. The number of hydrogen-bond acceptors (Lipinski definition) is 4. The van der Waals surface area contributed by atoms with E-state index in [9.17, 15) is 0 Å². The lowest BCUT2D eigenvalue weighted by Gasteiger charge is -2.34. The fourth-order valence-electron chi connectivity index (χ4n) is 3.96. The Hall–Kier alpha value is -1.85. The zero-order valence-electron chi connectivity index (χ0n) is 15.6. The van der Waals surface area contributed by atoms with Crippen LogP contribution < -0.4 is 0 Å². The Morgan fingerprint density at radius 3 is 2.81 bits per heavy atom. The van der Waals surface area contributed by atoms with E-state index in [0.29, 0.717) is 0 Å². The Labute approximate surface area is 160 Å². The van der Waals surface area contributed by atoms with Crippen molar-refractivity contribution in [3.05, 3.63) is 64.3 Å². The van der Waals surface area contributed by atoms with Gasteiger partial charge in [-0.3, -0.25) is 4.68 Å². The summed E-state index contributed by atoms with van der Waals surface area (Å²) >= 11 is 1.88. The number of likely N-dealkylation sites (tertiary alicyclic amines) is 1. The molecule has 0 aromatic carbocycles. The third-order valence-corrected chi connectivity index (χ3v) is 6.43. The second kappa shape index (κ2) is 8.23. The standard InChI is InChI=1S/C21H28N4S/c1-23-16-18(15-22-23)17-25-11-6-20(7-12-25)19-4-9-24(10-5-19)13-8-21-3-2-14-26-21/h2-3,6-7,11,14-16,19H,4-5,8-10,12-13,17H2,1H3. The summed E-state index contributed by atoms with van der Waals surface area (Å²) in [6.45, 7) is 5.64. The van der Waals surface area contributed by atoms with Crippen LogP contribution in [0.15, 0.2) is 53.8 Å². The van der Waals surface area contributed by atoms with Gasteiger partial charge in [0.1, 0.15) is 0 Å². The van der Waals surface area contributed by atoms with Crippen LogP contribution in [0.5, 0.6) is 0 Å². The van der Waals surface area contributed by atoms with Crippen molar-refractivity contribution in [2.45, 2.75) is 25.8 Å². The van der Waals surface area contributed by atoms with E-state index in [1.165, 1.54) is 49.3 Å². The van der Waals surface area contributed by atoms with Crippen LogP contribution in [0.1, 0.15) is 23.3 Å². The van der Waals surface area contributed by atoms with Crippen molar-refractivity contribution in [3.8, 4) is 0 Å². The van der Waals surface area contributed by atoms with E-state index in [4.69, 9.17) is 0 Å². The zero-order valence-corrected chi connectivity index (χ0v) is 16.4. The second-order valence-electron chi connectivity index (χ2n) is 7.42. The molecule has 4 rings (SSSR count). The van der Waals surface area contributed by atoms with Crippen molar-refractivity contribution < 1.29 is 0 Å². The van der Waals surface area contributed by atoms with Gasteiger partial charge in [0.25, 0.3) is 0 Å². The van der Waals surface area contributed by atoms with Gasteiger partial charge in [0.15, 0.2) is 0 Å². The van der Waals surface area contributed by atoms with Gasteiger partial charge < -0.3 is 9.80 Å². The van der Waals surface area contributed by atoms with Gasteiger partial charge in [-0.1, -0.05) is 12.1 Å². The first-order chi connectivity index (χ1) is 12.8. The highest BCUT2D eigenvalue weighted by molar-refractivity contribution is 7.09. The van der Waals surface area contributed by atoms with E-state index in [0.717, 1.165) is 19.0 Å². The molecule has 2 aromatic rings. The fourth-order valence-corrected chi connectivity index (χ4v) is 4.66. The first-order valence-electron chi connectivity index (χ1n) is 9.61. The Bertz CT molecular complexity index is 751. The molecule has 0 atom stereocenters. The van der Waals surface area contributed by atoms with E-state index in [1.54, 1.807) is 5.57 Å². The van der Waals surface area contributed by atoms with Crippen molar-refractivity contribution in [3.63, 3.8) is 0 Å². The maximum Gasteiger partial charge on any atom is 0.0539 e. The summed E-state index contributed by atoms with van der Waals surface area (Å²) in [7, 11) is 1.97. The zero-order chi connectivity index (χ0) is 17.8. The number of thiophene rings is 1. The lowest BCUT2D eigenvalue weighted by atomic mass is 9.88. The number of rotatable bonds is 6. The summed E-state index contributed by atoms with van der Waals surface area (Å²) in [5.41, 5.74) is 2.82. The second-order valence-corrected chi connectivity index (χ2v) is 8.45. The average molecular weight is 369 g/mol. The van der Waals surface area contributed by atoms with Crippen molar-refractivity contribution in [2.75, 3.05) is 26.2 Å². The van der Waals surface area contributed by atoms with E-state index in [-0.39, 0.29) is 0 Å². The molecule has 2 aliphatic rings. The normalized spacial score (nSPS) is 19.1. The van der Waals surface area contributed by atoms with E-state index < -0.39 is 0 Å². The Kier molecular flexibility index (Phi) is 5.56. The molecule has 5 heteroatoms. The molecule has 2 aliphatic heterocycles.